The lowest BCUT2D eigenvalue weighted by molar-refractivity contribution is 0.0991. The van der Waals surface area contributed by atoms with Crippen molar-refractivity contribution in [1.29, 1.82) is 0 Å². The Hall–Kier alpha value is -1.22. The standard InChI is InChI=1S/C10H11ClO3/c1-6(11)10(13)7-3-4-8(12)9(5-7)14-2/h3-6,12H,1-2H3/t6-/m1/s1. The van der Waals surface area contributed by atoms with E-state index >= 15 is 0 Å². The number of phenolic OH excluding ortho intramolecular Hbond substituents is 1. The van der Waals surface area contributed by atoms with Crippen molar-refractivity contribution in [1.82, 2.24) is 0 Å². The first-order valence-corrected chi connectivity index (χ1v) is 4.55. The van der Waals surface area contributed by atoms with Gasteiger partial charge < -0.3 is 9.84 Å². The van der Waals surface area contributed by atoms with E-state index in [1.807, 2.05) is 0 Å². The number of Topliss-reactive ketones (excluding diaryl/α,β-unsaturated/α-hetero) is 1. The summed E-state index contributed by atoms with van der Waals surface area (Å²) in [5, 5.41) is 8.71. The smallest absolute Gasteiger partial charge is 0.180 e. The summed E-state index contributed by atoms with van der Waals surface area (Å²) < 4.78 is 4.87. The van der Waals surface area contributed by atoms with Crippen molar-refractivity contribution in [3.05, 3.63) is 23.8 Å². The number of aromatic hydroxyl groups is 1. The highest BCUT2D eigenvalue weighted by atomic mass is 35.5. The van der Waals surface area contributed by atoms with Gasteiger partial charge in [0.2, 0.25) is 0 Å². The van der Waals surface area contributed by atoms with Crippen LogP contribution in [0.25, 0.3) is 0 Å². The molecule has 0 spiro atoms. The second-order valence-electron chi connectivity index (χ2n) is 2.87. The fourth-order valence-corrected chi connectivity index (χ4v) is 1.19. The van der Waals surface area contributed by atoms with Crippen molar-refractivity contribution in [3.63, 3.8) is 0 Å². The Labute approximate surface area is 87.3 Å². The molecule has 1 rings (SSSR count). The normalized spacial score (nSPS) is 12.2. The average molecular weight is 215 g/mol. The predicted molar refractivity (Wildman–Crippen MR) is 54.3 cm³/mol. The lowest BCUT2D eigenvalue weighted by atomic mass is 10.1. The third-order valence-electron chi connectivity index (χ3n) is 1.83. The number of carbonyl (C=O) groups excluding carboxylic acids is 1. The molecule has 1 aromatic carbocycles. The van der Waals surface area contributed by atoms with E-state index in [1.54, 1.807) is 6.92 Å². The molecular formula is C10H11ClO3. The zero-order valence-electron chi connectivity index (χ0n) is 7.95. The zero-order valence-corrected chi connectivity index (χ0v) is 8.71. The Kier molecular flexibility index (Phi) is 3.36. The maximum absolute atomic E-state index is 11.5. The number of hydrogen-bond donors (Lipinski definition) is 1. The molecule has 1 aromatic rings. The molecule has 0 saturated carbocycles. The Balaban J connectivity index is 3.06. The van der Waals surface area contributed by atoms with Gasteiger partial charge in [0, 0.05) is 5.56 Å². The van der Waals surface area contributed by atoms with E-state index in [9.17, 15) is 9.90 Å². The number of rotatable bonds is 3. The van der Waals surface area contributed by atoms with Gasteiger partial charge in [0.25, 0.3) is 0 Å². The number of benzene rings is 1. The topological polar surface area (TPSA) is 46.5 Å². The van der Waals surface area contributed by atoms with Gasteiger partial charge in [-0.3, -0.25) is 4.79 Å². The molecule has 1 N–H and O–H groups in total. The number of carbonyl (C=O) groups is 1. The minimum absolute atomic E-state index is 0.00581. The van der Waals surface area contributed by atoms with Crippen molar-refractivity contribution < 1.29 is 14.6 Å². The molecule has 0 bridgehead atoms. The first-order valence-electron chi connectivity index (χ1n) is 4.11. The largest absolute Gasteiger partial charge is 0.504 e. The molecule has 0 aliphatic heterocycles. The van der Waals surface area contributed by atoms with E-state index in [0.29, 0.717) is 5.56 Å². The van der Waals surface area contributed by atoms with E-state index in [-0.39, 0.29) is 17.3 Å². The maximum Gasteiger partial charge on any atom is 0.180 e. The van der Waals surface area contributed by atoms with Crippen LogP contribution in [0.2, 0.25) is 0 Å². The van der Waals surface area contributed by atoms with E-state index in [4.69, 9.17) is 16.3 Å². The summed E-state index contributed by atoms with van der Waals surface area (Å²) in [5.74, 6) is 0.0874. The fraction of sp³-hybridized carbons (Fsp3) is 0.300. The maximum atomic E-state index is 11.5. The average Bonchev–Trinajstić information content (AvgIpc) is 2.17. The van der Waals surface area contributed by atoms with Crippen LogP contribution >= 0.6 is 11.6 Å². The van der Waals surface area contributed by atoms with Gasteiger partial charge in [0.1, 0.15) is 0 Å². The Bertz CT molecular complexity index is 347. The number of alkyl halides is 1. The van der Waals surface area contributed by atoms with Crippen molar-refractivity contribution in [3.8, 4) is 11.5 Å². The molecule has 0 amide bonds. The second kappa shape index (κ2) is 4.33. The number of ketones is 1. The van der Waals surface area contributed by atoms with Crippen LogP contribution < -0.4 is 4.74 Å². The molecule has 4 heteroatoms. The summed E-state index contributed by atoms with van der Waals surface area (Å²) in [4.78, 5) is 11.5. The van der Waals surface area contributed by atoms with E-state index in [0.717, 1.165) is 0 Å². The van der Waals surface area contributed by atoms with Gasteiger partial charge in [-0.2, -0.15) is 0 Å². The minimum atomic E-state index is -0.579. The van der Waals surface area contributed by atoms with Crippen molar-refractivity contribution in [2.24, 2.45) is 0 Å². The summed E-state index contributed by atoms with van der Waals surface area (Å²) in [6.07, 6.45) is 0. The van der Waals surface area contributed by atoms with Crippen LogP contribution in [-0.4, -0.2) is 23.4 Å². The molecule has 0 radical (unpaired) electrons. The number of methoxy groups -OCH3 is 1. The third-order valence-corrected chi connectivity index (χ3v) is 2.02. The molecule has 0 aromatic heterocycles. The number of phenols is 1. The van der Waals surface area contributed by atoms with Gasteiger partial charge in [-0.05, 0) is 25.1 Å². The molecular weight excluding hydrogens is 204 g/mol. The van der Waals surface area contributed by atoms with Crippen molar-refractivity contribution >= 4 is 17.4 Å². The fourth-order valence-electron chi connectivity index (χ4n) is 1.06. The molecule has 0 saturated heterocycles. The molecule has 0 fully saturated rings. The van der Waals surface area contributed by atoms with Gasteiger partial charge in [-0.15, -0.1) is 11.6 Å². The van der Waals surface area contributed by atoms with Crippen LogP contribution in [-0.2, 0) is 0 Å². The Morgan fingerprint density at radius 2 is 2.21 bits per heavy atom. The minimum Gasteiger partial charge on any atom is -0.504 e. The third kappa shape index (κ3) is 2.17. The van der Waals surface area contributed by atoms with E-state index in [1.165, 1.54) is 25.3 Å². The van der Waals surface area contributed by atoms with Gasteiger partial charge in [0.15, 0.2) is 17.3 Å². The number of hydrogen-bond acceptors (Lipinski definition) is 3. The summed E-state index contributed by atoms with van der Waals surface area (Å²) >= 11 is 5.65. The summed E-state index contributed by atoms with van der Waals surface area (Å²) in [5.41, 5.74) is 0.433. The SMILES string of the molecule is COc1cc(C(=O)[C@@H](C)Cl)ccc1O. The quantitative estimate of drug-likeness (QED) is 0.620. The van der Waals surface area contributed by atoms with Crippen LogP contribution in [0, 0.1) is 0 Å². The summed E-state index contributed by atoms with van der Waals surface area (Å²) in [7, 11) is 1.42. The highest BCUT2D eigenvalue weighted by Gasteiger charge is 2.14. The number of halogens is 1. The van der Waals surface area contributed by atoms with Crippen LogP contribution in [0.1, 0.15) is 17.3 Å². The first kappa shape index (κ1) is 10.9. The second-order valence-corrected chi connectivity index (χ2v) is 3.52. The monoisotopic (exact) mass is 214 g/mol. The summed E-state index contributed by atoms with van der Waals surface area (Å²) in [6, 6.07) is 4.39. The van der Waals surface area contributed by atoms with Gasteiger partial charge in [-0.1, -0.05) is 0 Å². The molecule has 0 aliphatic carbocycles. The summed E-state index contributed by atoms with van der Waals surface area (Å²) in [6.45, 7) is 1.60. The van der Waals surface area contributed by atoms with Crippen molar-refractivity contribution in [2.75, 3.05) is 7.11 Å². The zero-order chi connectivity index (χ0) is 10.7. The first-order chi connectivity index (χ1) is 6.56. The molecule has 1 atom stereocenters. The highest BCUT2D eigenvalue weighted by Crippen LogP contribution is 2.27. The van der Waals surface area contributed by atoms with Gasteiger partial charge >= 0.3 is 0 Å². The van der Waals surface area contributed by atoms with Crippen LogP contribution in [0.5, 0.6) is 11.5 Å². The van der Waals surface area contributed by atoms with E-state index < -0.39 is 5.38 Å². The lowest BCUT2D eigenvalue weighted by Crippen LogP contribution is -2.10. The van der Waals surface area contributed by atoms with E-state index in [2.05, 4.69) is 0 Å². The Morgan fingerprint density at radius 1 is 1.57 bits per heavy atom. The van der Waals surface area contributed by atoms with Crippen LogP contribution in [0.15, 0.2) is 18.2 Å². The van der Waals surface area contributed by atoms with Crippen LogP contribution in [0.3, 0.4) is 0 Å². The molecule has 0 aliphatic rings. The van der Waals surface area contributed by atoms with Gasteiger partial charge in [-0.25, -0.2) is 0 Å². The predicted octanol–water partition coefficient (Wildman–Crippen LogP) is 2.21. The Morgan fingerprint density at radius 3 is 2.71 bits per heavy atom. The lowest BCUT2D eigenvalue weighted by Gasteiger charge is -2.06. The van der Waals surface area contributed by atoms with Crippen LogP contribution in [0.4, 0.5) is 0 Å². The number of ether oxygens (including phenoxy) is 1. The molecule has 3 nitrogen and oxygen atoms in total. The molecule has 0 heterocycles. The van der Waals surface area contributed by atoms with Gasteiger partial charge in [0.05, 0.1) is 12.5 Å². The molecule has 14 heavy (non-hydrogen) atoms. The van der Waals surface area contributed by atoms with Crippen molar-refractivity contribution in [2.45, 2.75) is 12.3 Å². The molecule has 0 unspecified atom stereocenters. The molecule has 76 valence electrons. The highest BCUT2D eigenvalue weighted by molar-refractivity contribution is 6.33.